The van der Waals surface area contributed by atoms with Crippen molar-refractivity contribution in [2.45, 2.75) is 13.5 Å². The zero-order valence-electron chi connectivity index (χ0n) is 8.54. The Kier molecular flexibility index (Phi) is 3.75. The Hall–Kier alpha value is -0.770. The van der Waals surface area contributed by atoms with Crippen LogP contribution in [0.4, 0.5) is 0 Å². The molecule has 0 bridgehead atoms. The predicted octanol–water partition coefficient (Wildman–Crippen LogP) is 2.48. The molecule has 0 unspecified atom stereocenters. The minimum atomic E-state index is 0.449. The van der Waals surface area contributed by atoms with Crippen molar-refractivity contribution in [3.63, 3.8) is 0 Å². The van der Waals surface area contributed by atoms with E-state index in [1.807, 2.05) is 13.0 Å². The van der Waals surface area contributed by atoms with Crippen molar-refractivity contribution < 1.29 is 9.94 Å². The second kappa shape index (κ2) is 4.64. The number of nitrogens with zero attached hydrogens (tertiary/aromatic N) is 1. The van der Waals surface area contributed by atoms with Gasteiger partial charge in [-0.25, -0.2) is 0 Å². The van der Waals surface area contributed by atoms with Crippen molar-refractivity contribution in [2.75, 3.05) is 14.2 Å². The first-order chi connectivity index (χ1) is 6.54. The second-order valence-electron chi connectivity index (χ2n) is 3.24. The smallest absolute Gasteiger partial charge is 0.140 e. The van der Waals surface area contributed by atoms with Gasteiger partial charge in [0.25, 0.3) is 0 Å². The van der Waals surface area contributed by atoms with Crippen LogP contribution in [-0.4, -0.2) is 24.4 Å². The minimum Gasteiger partial charge on any atom is -0.495 e. The average Bonchev–Trinajstić information content (AvgIpc) is 2.01. The first-order valence-corrected chi connectivity index (χ1v) is 4.65. The maximum atomic E-state index is 9.07. The lowest BCUT2D eigenvalue weighted by atomic mass is 10.1. The Morgan fingerprint density at radius 1 is 1.50 bits per heavy atom. The fourth-order valence-electron chi connectivity index (χ4n) is 1.42. The molecule has 3 nitrogen and oxygen atoms in total. The van der Waals surface area contributed by atoms with E-state index in [-0.39, 0.29) is 0 Å². The van der Waals surface area contributed by atoms with E-state index in [4.69, 9.17) is 21.5 Å². The highest BCUT2D eigenvalue weighted by molar-refractivity contribution is 6.32. The van der Waals surface area contributed by atoms with E-state index in [2.05, 4.69) is 0 Å². The zero-order valence-corrected chi connectivity index (χ0v) is 9.30. The Labute approximate surface area is 88.8 Å². The summed E-state index contributed by atoms with van der Waals surface area (Å²) in [5, 5.41) is 10.8. The standard InChI is InChI=1S/C10H14ClNO2/c1-7-4-8(6-12(2)13)5-9(11)10(7)14-3/h4-5,13H,6H2,1-3H3. The summed E-state index contributed by atoms with van der Waals surface area (Å²) in [4.78, 5) is 0. The van der Waals surface area contributed by atoms with Gasteiger partial charge in [-0.2, -0.15) is 5.06 Å². The largest absolute Gasteiger partial charge is 0.495 e. The van der Waals surface area contributed by atoms with E-state index >= 15 is 0 Å². The third-order valence-corrected chi connectivity index (χ3v) is 2.19. The number of benzene rings is 1. The Balaban J connectivity index is 3.01. The van der Waals surface area contributed by atoms with Crippen molar-refractivity contribution in [2.24, 2.45) is 0 Å². The van der Waals surface area contributed by atoms with Gasteiger partial charge < -0.3 is 9.94 Å². The molecule has 0 aromatic heterocycles. The lowest BCUT2D eigenvalue weighted by molar-refractivity contribution is -0.0731. The molecule has 0 radical (unpaired) electrons. The van der Waals surface area contributed by atoms with Crippen molar-refractivity contribution in [1.82, 2.24) is 5.06 Å². The molecule has 0 spiro atoms. The number of hydroxylamine groups is 2. The number of hydrogen-bond acceptors (Lipinski definition) is 3. The van der Waals surface area contributed by atoms with Gasteiger partial charge in [0.15, 0.2) is 0 Å². The maximum absolute atomic E-state index is 9.07. The van der Waals surface area contributed by atoms with Crippen molar-refractivity contribution >= 4 is 11.6 Å². The second-order valence-corrected chi connectivity index (χ2v) is 3.65. The van der Waals surface area contributed by atoms with Crippen LogP contribution in [-0.2, 0) is 6.54 Å². The number of hydrogen-bond donors (Lipinski definition) is 1. The van der Waals surface area contributed by atoms with Crippen molar-refractivity contribution in [3.8, 4) is 5.75 Å². The highest BCUT2D eigenvalue weighted by atomic mass is 35.5. The first-order valence-electron chi connectivity index (χ1n) is 4.27. The lowest BCUT2D eigenvalue weighted by Gasteiger charge is -2.12. The minimum absolute atomic E-state index is 0.449. The molecule has 0 saturated carbocycles. The summed E-state index contributed by atoms with van der Waals surface area (Å²) in [5.41, 5.74) is 1.93. The summed E-state index contributed by atoms with van der Waals surface area (Å²) in [7, 11) is 3.18. The van der Waals surface area contributed by atoms with Gasteiger partial charge in [-0.1, -0.05) is 17.7 Å². The van der Waals surface area contributed by atoms with Crippen LogP contribution in [0.2, 0.25) is 5.02 Å². The van der Waals surface area contributed by atoms with Crippen LogP contribution in [0.15, 0.2) is 12.1 Å². The summed E-state index contributed by atoms with van der Waals surface area (Å²) < 4.78 is 5.13. The molecule has 0 fully saturated rings. The molecule has 0 heterocycles. The van der Waals surface area contributed by atoms with Crippen molar-refractivity contribution in [1.29, 1.82) is 0 Å². The molecule has 0 amide bonds. The van der Waals surface area contributed by atoms with E-state index in [0.29, 0.717) is 17.3 Å². The summed E-state index contributed by atoms with van der Waals surface area (Å²) in [6.07, 6.45) is 0. The van der Waals surface area contributed by atoms with E-state index in [0.717, 1.165) is 16.2 Å². The van der Waals surface area contributed by atoms with E-state index < -0.39 is 0 Å². The van der Waals surface area contributed by atoms with E-state index in [1.54, 1.807) is 20.2 Å². The van der Waals surface area contributed by atoms with Gasteiger partial charge in [-0.3, -0.25) is 0 Å². The third-order valence-electron chi connectivity index (χ3n) is 1.90. The maximum Gasteiger partial charge on any atom is 0.140 e. The van der Waals surface area contributed by atoms with Gasteiger partial charge >= 0.3 is 0 Å². The molecule has 0 aliphatic heterocycles. The highest BCUT2D eigenvalue weighted by Gasteiger charge is 2.07. The average molecular weight is 216 g/mol. The van der Waals surface area contributed by atoms with E-state index in [1.165, 1.54) is 0 Å². The van der Waals surface area contributed by atoms with Gasteiger partial charge in [0.1, 0.15) is 5.75 Å². The molecule has 1 aromatic rings. The third kappa shape index (κ3) is 2.61. The molecule has 0 aliphatic carbocycles. The highest BCUT2D eigenvalue weighted by Crippen LogP contribution is 2.29. The topological polar surface area (TPSA) is 32.7 Å². The van der Waals surface area contributed by atoms with Crippen molar-refractivity contribution in [3.05, 3.63) is 28.3 Å². The molecular formula is C10H14ClNO2. The molecule has 4 heteroatoms. The number of methoxy groups -OCH3 is 1. The van der Waals surface area contributed by atoms with Crippen LogP contribution in [0.3, 0.4) is 0 Å². The molecular weight excluding hydrogens is 202 g/mol. The molecule has 0 saturated heterocycles. The summed E-state index contributed by atoms with van der Waals surface area (Å²) in [6.45, 7) is 2.37. The summed E-state index contributed by atoms with van der Waals surface area (Å²) in [6, 6.07) is 3.73. The van der Waals surface area contributed by atoms with E-state index in [9.17, 15) is 0 Å². The fourth-order valence-corrected chi connectivity index (χ4v) is 1.78. The van der Waals surface area contributed by atoms with Gasteiger partial charge in [0, 0.05) is 13.6 Å². The number of aryl methyl sites for hydroxylation is 1. The van der Waals surface area contributed by atoms with Crippen LogP contribution in [0, 0.1) is 6.92 Å². The quantitative estimate of drug-likeness (QED) is 0.787. The molecule has 14 heavy (non-hydrogen) atoms. The number of halogens is 1. The lowest BCUT2D eigenvalue weighted by Crippen LogP contribution is -2.11. The van der Waals surface area contributed by atoms with Crippen LogP contribution >= 0.6 is 11.6 Å². The zero-order chi connectivity index (χ0) is 10.7. The normalized spacial score (nSPS) is 10.7. The molecule has 1 N–H and O–H groups in total. The SMILES string of the molecule is COc1c(C)cc(CN(C)O)cc1Cl. The molecule has 1 aromatic carbocycles. The first kappa shape index (κ1) is 11.3. The van der Waals surface area contributed by atoms with Crippen LogP contribution in [0.5, 0.6) is 5.75 Å². The molecule has 0 atom stereocenters. The van der Waals surface area contributed by atoms with Crippen LogP contribution in [0.1, 0.15) is 11.1 Å². The Bertz CT molecular complexity index is 303. The van der Waals surface area contributed by atoms with Crippen LogP contribution < -0.4 is 4.74 Å². The molecule has 78 valence electrons. The monoisotopic (exact) mass is 215 g/mol. The Morgan fingerprint density at radius 2 is 2.14 bits per heavy atom. The number of rotatable bonds is 3. The van der Waals surface area contributed by atoms with Gasteiger partial charge in [-0.05, 0) is 24.1 Å². The summed E-state index contributed by atoms with van der Waals surface area (Å²) >= 11 is 5.99. The van der Waals surface area contributed by atoms with Crippen LogP contribution in [0.25, 0.3) is 0 Å². The predicted molar refractivity (Wildman–Crippen MR) is 56.0 cm³/mol. The van der Waals surface area contributed by atoms with Gasteiger partial charge in [0.05, 0.1) is 12.1 Å². The van der Waals surface area contributed by atoms with Gasteiger partial charge in [-0.15, -0.1) is 0 Å². The number of ether oxygens (including phenoxy) is 1. The Morgan fingerprint density at radius 3 is 2.57 bits per heavy atom. The molecule has 1 rings (SSSR count). The molecule has 0 aliphatic rings. The summed E-state index contributed by atoms with van der Waals surface area (Å²) in [5.74, 6) is 0.691. The fraction of sp³-hybridized carbons (Fsp3) is 0.400. The van der Waals surface area contributed by atoms with Gasteiger partial charge in [0.2, 0.25) is 0 Å².